The summed E-state index contributed by atoms with van der Waals surface area (Å²) in [5.74, 6) is -1.26. The molecule has 0 amide bonds. The fraction of sp³-hybridized carbons (Fsp3) is 0.321. The number of aryl methyl sites for hydroxylation is 2. The van der Waals surface area contributed by atoms with Gasteiger partial charge in [-0.05, 0) is 36.5 Å². The highest BCUT2D eigenvalue weighted by atomic mass is 19.1. The van der Waals surface area contributed by atoms with Crippen LogP contribution in [0.25, 0.3) is 11.0 Å². The molecule has 0 bridgehead atoms. The van der Waals surface area contributed by atoms with Gasteiger partial charge in [-0.3, -0.25) is 9.78 Å². The molecule has 1 N–H and O–H groups in total. The highest BCUT2D eigenvalue weighted by Crippen LogP contribution is 2.64. The second-order valence-electron chi connectivity index (χ2n) is 10.0. The molecule has 5 rings (SSSR count). The van der Waals surface area contributed by atoms with Crippen molar-refractivity contribution in [3.05, 3.63) is 88.8 Å². The molecule has 1 fully saturated rings. The number of aliphatic carboxylic acids is 1. The van der Waals surface area contributed by atoms with Gasteiger partial charge in [0.05, 0.1) is 17.1 Å². The summed E-state index contributed by atoms with van der Waals surface area (Å²) in [5.41, 5.74) is 4.30. The average molecular weight is 474 g/mol. The topological polar surface area (TPSA) is 77.2 Å². The van der Waals surface area contributed by atoms with Gasteiger partial charge in [0.1, 0.15) is 23.7 Å². The van der Waals surface area contributed by atoms with E-state index in [1.165, 1.54) is 6.07 Å². The third-order valence-electron chi connectivity index (χ3n) is 7.00. The molecule has 2 atom stereocenters. The molecule has 4 aromatic rings. The lowest BCUT2D eigenvalue weighted by Crippen LogP contribution is -2.07. The minimum atomic E-state index is -0.857. The summed E-state index contributed by atoms with van der Waals surface area (Å²) in [6.45, 7) is 8.49. The van der Waals surface area contributed by atoms with Gasteiger partial charge in [-0.25, -0.2) is 9.37 Å². The summed E-state index contributed by atoms with van der Waals surface area (Å²) in [5, 5.41) is 9.76. The molecule has 6 nitrogen and oxygen atoms in total. The third-order valence-corrected chi connectivity index (χ3v) is 7.00. The van der Waals surface area contributed by atoms with Crippen LogP contribution in [-0.2, 0) is 17.9 Å². The fourth-order valence-corrected chi connectivity index (χ4v) is 4.86. The first-order valence-corrected chi connectivity index (χ1v) is 11.7. The van der Waals surface area contributed by atoms with E-state index >= 15 is 4.39 Å². The number of imidazole rings is 1. The van der Waals surface area contributed by atoms with Crippen LogP contribution >= 0.6 is 0 Å². The number of carbonyl (C=O) groups is 1. The van der Waals surface area contributed by atoms with Crippen molar-refractivity contribution in [2.24, 2.45) is 11.3 Å². The Kier molecular flexibility index (Phi) is 5.58. The van der Waals surface area contributed by atoms with E-state index < -0.39 is 23.1 Å². The van der Waals surface area contributed by atoms with Crippen LogP contribution in [0.3, 0.4) is 0 Å². The number of ether oxygens (including phenoxy) is 1. The van der Waals surface area contributed by atoms with Crippen molar-refractivity contribution in [2.45, 2.75) is 46.8 Å². The predicted molar refractivity (Wildman–Crippen MR) is 131 cm³/mol. The maximum absolute atomic E-state index is 15.3. The summed E-state index contributed by atoms with van der Waals surface area (Å²) < 4.78 is 23.1. The maximum atomic E-state index is 15.3. The molecular formula is C28H28FN3O3. The van der Waals surface area contributed by atoms with Crippen LogP contribution in [0.1, 0.15) is 48.0 Å². The van der Waals surface area contributed by atoms with E-state index in [4.69, 9.17) is 4.74 Å². The van der Waals surface area contributed by atoms with Crippen molar-refractivity contribution in [2.75, 3.05) is 0 Å². The molecule has 2 aromatic heterocycles. The number of hydrogen-bond donors (Lipinski definition) is 1. The summed E-state index contributed by atoms with van der Waals surface area (Å²) in [6.07, 6.45) is 1.77. The molecule has 180 valence electrons. The number of rotatable bonds is 7. The Morgan fingerprint density at radius 2 is 1.83 bits per heavy atom. The zero-order chi connectivity index (χ0) is 24.9. The molecule has 2 heterocycles. The quantitative estimate of drug-likeness (QED) is 0.376. The van der Waals surface area contributed by atoms with Crippen LogP contribution in [0.5, 0.6) is 5.75 Å². The number of aromatic nitrogens is 3. The Morgan fingerprint density at radius 3 is 2.46 bits per heavy atom. The SMILES string of the molecule is Cc1ccc(Cn2c([C@H]3[C@@H](C(=O)O)C3(C)C)nc3c(F)cc(OCc4ccc(C)cn4)cc32)cc1. The number of fused-ring (bicyclic) bond motifs is 1. The molecule has 1 aliphatic rings. The largest absolute Gasteiger partial charge is 0.487 e. The Morgan fingerprint density at radius 1 is 1.11 bits per heavy atom. The van der Waals surface area contributed by atoms with Gasteiger partial charge in [0.25, 0.3) is 0 Å². The number of carboxylic acid groups (broad SMARTS) is 1. The molecule has 7 heteroatoms. The molecule has 0 unspecified atom stereocenters. The highest BCUT2D eigenvalue weighted by Gasteiger charge is 2.64. The Bertz CT molecular complexity index is 1410. The van der Waals surface area contributed by atoms with Crippen molar-refractivity contribution in [1.82, 2.24) is 14.5 Å². The molecule has 2 aromatic carbocycles. The molecule has 0 aliphatic heterocycles. The summed E-state index contributed by atoms with van der Waals surface area (Å²) >= 11 is 0. The molecule has 1 saturated carbocycles. The number of hydrogen-bond acceptors (Lipinski definition) is 4. The van der Waals surface area contributed by atoms with Crippen molar-refractivity contribution < 1.29 is 19.0 Å². The maximum Gasteiger partial charge on any atom is 0.307 e. The van der Waals surface area contributed by atoms with Crippen LogP contribution in [-0.4, -0.2) is 25.6 Å². The van der Waals surface area contributed by atoms with Gasteiger partial charge >= 0.3 is 5.97 Å². The second kappa shape index (κ2) is 8.48. The number of benzene rings is 2. The van der Waals surface area contributed by atoms with E-state index in [1.54, 1.807) is 12.3 Å². The minimum absolute atomic E-state index is 0.209. The normalized spacial score (nSPS) is 18.5. The molecule has 0 saturated heterocycles. The van der Waals surface area contributed by atoms with E-state index in [0.717, 1.165) is 22.4 Å². The van der Waals surface area contributed by atoms with Gasteiger partial charge in [0.2, 0.25) is 0 Å². The number of halogens is 1. The van der Waals surface area contributed by atoms with E-state index in [1.807, 2.05) is 68.7 Å². The Hall–Kier alpha value is -3.74. The first-order chi connectivity index (χ1) is 16.6. The van der Waals surface area contributed by atoms with E-state index in [-0.39, 0.29) is 18.0 Å². The van der Waals surface area contributed by atoms with Crippen LogP contribution in [0.15, 0.2) is 54.7 Å². The number of nitrogens with zero attached hydrogens (tertiary/aromatic N) is 3. The molecular weight excluding hydrogens is 445 g/mol. The van der Waals surface area contributed by atoms with Gasteiger partial charge in [0.15, 0.2) is 5.82 Å². The van der Waals surface area contributed by atoms with E-state index in [9.17, 15) is 9.90 Å². The second-order valence-corrected chi connectivity index (χ2v) is 10.0. The van der Waals surface area contributed by atoms with Crippen molar-refractivity contribution in [1.29, 1.82) is 0 Å². The van der Waals surface area contributed by atoms with E-state index in [0.29, 0.717) is 23.6 Å². The Labute approximate surface area is 203 Å². The molecule has 1 aliphatic carbocycles. The Balaban J connectivity index is 1.56. The lowest BCUT2D eigenvalue weighted by molar-refractivity contribution is -0.139. The summed E-state index contributed by atoms with van der Waals surface area (Å²) in [4.78, 5) is 20.9. The summed E-state index contributed by atoms with van der Waals surface area (Å²) in [7, 11) is 0. The fourth-order valence-electron chi connectivity index (χ4n) is 4.86. The lowest BCUT2D eigenvalue weighted by atomic mass is 10.1. The van der Waals surface area contributed by atoms with Gasteiger partial charge in [-0.2, -0.15) is 0 Å². The molecule has 35 heavy (non-hydrogen) atoms. The van der Waals surface area contributed by atoms with Gasteiger partial charge in [-0.15, -0.1) is 0 Å². The first kappa shape index (κ1) is 23.0. The van der Waals surface area contributed by atoms with Crippen molar-refractivity contribution >= 4 is 17.0 Å². The summed E-state index contributed by atoms with van der Waals surface area (Å²) in [6, 6.07) is 15.0. The van der Waals surface area contributed by atoms with Crippen molar-refractivity contribution in [3.8, 4) is 5.75 Å². The van der Waals surface area contributed by atoms with Crippen molar-refractivity contribution in [3.63, 3.8) is 0 Å². The third kappa shape index (κ3) is 4.27. The lowest BCUT2D eigenvalue weighted by Gasteiger charge is -2.12. The zero-order valence-electron chi connectivity index (χ0n) is 20.2. The smallest absolute Gasteiger partial charge is 0.307 e. The van der Waals surface area contributed by atoms with Gasteiger partial charge in [-0.1, -0.05) is 49.7 Å². The van der Waals surface area contributed by atoms with Crippen LogP contribution in [0, 0.1) is 31.0 Å². The highest BCUT2D eigenvalue weighted by molar-refractivity contribution is 5.81. The first-order valence-electron chi connectivity index (χ1n) is 11.7. The predicted octanol–water partition coefficient (Wildman–Crippen LogP) is 5.64. The standard InChI is InChI=1S/C28H28FN3O3/c1-16-5-8-18(9-6-16)14-32-22-12-20(35-15-19-10-7-17(2)13-30-19)11-21(29)25(22)31-26(32)23-24(27(33)34)28(23,3)4/h5-13,23-24H,14-15H2,1-4H3,(H,33,34)/t23-,24+/m1/s1. The van der Waals surface area contributed by atoms with Crippen LogP contribution < -0.4 is 4.74 Å². The number of carboxylic acids is 1. The zero-order valence-corrected chi connectivity index (χ0v) is 20.2. The monoisotopic (exact) mass is 473 g/mol. The van der Waals surface area contributed by atoms with Gasteiger partial charge in [0, 0.05) is 30.8 Å². The minimum Gasteiger partial charge on any atom is -0.487 e. The van der Waals surface area contributed by atoms with Crippen LogP contribution in [0.2, 0.25) is 0 Å². The average Bonchev–Trinajstić information content (AvgIpc) is 3.22. The van der Waals surface area contributed by atoms with Crippen LogP contribution in [0.4, 0.5) is 4.39 Å². The van der Waals surface area contributed by atoms with Gasteiger partial charge < -0.3 is 14.4 Å². The molecule has 0 spiro atoms. The number of pyridine rings is 1. The molecule has 0 radical (unpaired) electrons. The van der Waals surface area contributed by atoms with E-state index in [2.05, 4.69) is 9.97 Å².